The van der Waals surface area contributed by atoms with Crippen LogP contribution in [0.4, 0.5) is 0 Å². The van der Waals surface area contributed by atoms with E-state index in [1.54, 1.807) is 23.0 Å². The topological polar surface area (TPSA) is 65.4 Å². The fraction of sp³-hybridized carbons (Fsp3) is 0.333. The van der Waals surface area contributed by atoms with Gasteiger partial charge in [-0.25, -0.2) is 0 Å². The zero-order valence-electron chi connectivity index (χ0n) is 12.7. The van der Waals surface area contributed by atoms with Gasteiger partial charge in [-0.05, 0) is 24.1 Å². The van der Waals surface area contributed by atoms with Crippen molar-refractivity contribution in [3.8, 4) is 11.5 Å². The SMILES string of the molecule is COc1cc(C(=O)NCCc2cnn(C)c2)cc(Cl)c1OC. The minimum atomic E-state index is -0.216. The molecule has 0 fully saturated rings. The van der Waals surface area contributed by atoms with Crippen molar-refractivity contribution >= 4 is 17.5 Å². The second-order valence-electron chi connectivity index (χ2n) is 4.72. The molecule has 1 heterocycles. The van der Waals surface area contributed by atoms with Crippen molar-refractivity contribution in [1.29, 1.82) is 0 Å². The smallest absolute Gasteiger partial charge is 0.251 e. The molecule has 6 nitrogen and oxygen atoms in total. The fourth-order valence-corrected chi connectivity index (χ4v) is 2.36. The van der Waals surface area contributed by atoms with Gasteiger partial charge in [0.05, 0.1) is 25.4 Å². The highest BCUT2D eigenvalue weighted by molar-refractivity contribution is 6.32. The van der Waals surface area contributed by atoms with Crippen molar-refractivity contribution < 1.29 is 14.3 Å². The number of benzene rings is 1. The van der Waals surface area contributed by atoms with Crippen LogP contribution in [0, 0.1) is 0 Å². The van der Waals surface area contributed by atoms with Crippen molar-refractivity contribution in [2.24, 2.45) is 7.05 Å². The molecule has 0 aliphatic rings. The molecule has 2 aromatic rings. The number of carbonyl (C=O) groups excluding carboxylic acids is 1. The Kier molecular flexibility index (Phi) is 5.27. The molecule has 0 atom stereocenters. The molecule has 0 saturated carbocycles. The zero-order valence-corrected chi connectivity index (χ0v) is 13.5. The molecule has 1 aromatic heterocycles. The molecule has 0 aliphatic carbocycles. The van der Waals surface area contributed by atoms with E-state index in [-0.39, 0.29) is 5.91 Å². The molecule has 1 aromatic carbocycles. The number of amides is 1. The van der Waals surface area contributed by atoms with Gasteiger partial charge in [-0.2, -0.15) is 5.10 Å². The predicted octanol–water partition coefficient (Wildman–Crippen LogP) is 2.06. The summed E-state index contributed by atoms with van der Waals surface area (Å²) in [5, 5.41) is 7.26. The summed E-state index contributed by atoms with van der Waals surface area (Å²) in [5.41, 5.74) is 1.49. The quantitative estimate of drug-likeness (QED) is 0.883. The minimum Gasteiger partial charge on any atom is -0.493 e. The largest absolute Gasteiger partial charge is 0.493 e. The number of nitrogens with zero attached hydrogens (tertiary/aromatic N) is 2. The Morgan fingerprint density at radius 1 is 1.36 bits per heavy atom. The lowest BCUT2D eigenvalue weighted by molar-refractivity contribution is 0.0953. The average molecular weight is 324 g/mol. The van der Waals surface area contributed by atoms with Crippen LogP contribution in [0.25, 0.3) is 0 Å². The summed E-state index contributed by atoms with van der Waals surface area (Å²) in [6.45, 7) is 0.510. The second kappa shape index (κ2) is 7.17. The van der Waals surface area contributed by atoms with Gasteiger partial charge in [0.25, 0.3) is 5.91 Å². The van der Waals surface area contributed by atoms with Gasteiger partial charge in [0, 0.05) is 25.4 Å². The number of hydrogen-bond acceptors (Lipinski definition) is 4. The highest BCUT2D eigenvalue weighted by atomic mass is 35.5. The number of aryl methyl sites for hydroxylation is 1. The van der Waals surface area contributed by atoms with Crippen LogP contribution >= 0.6 is 11.6 Å². The maximum absolute atomic E-state index is 12.2. The van der Waals surface area contributed by atoms with Crippen LogP contribution in [0.3, 0.4) is 0 Å². The number of ether oxygens (including phenoxy) is 2. The van der Waals surface area contributed by atoms with Crippen molar-refractivity contribution in [2.45, 2.75) is 6.42 Å². The lowest BCUT2D eigenvalue weighted by Gasteiger charge is -2.11. The summed E-state index contributed by atoms with van der Waals surface area (Å²) in [5.74, 6) is 0.621. The third kappa shape index (κ3) is 3.71. The summed E-state index contributed by atoms with van der Waals surface area (Å²) >= 11 is 6.09. The van der Waals surface area contributed by atoms with Gasteiger partial charge in [-0.15, -0.1) is 0 Å². The van der Waals surface area contributed by atoms with Crippen molar-refractivity contribution in [1.82, 2.24) is 15.1 Å². The summed E-state index contributed by atoms with van der Waals surface area (Å²) < 4.78 is 12.1. The van der Waals surface area contributed by atoms with Crippen LogP contribution < -0.4 is 14.8 Å². The Hall–Kier alpha value is -2.21. The number of nitrogens with one attached hydrogen (secondary N) is 1. The predicted molar refractivity (Wildman–Crippen MR) is 83.8 cm³/mol. The first-order chi connectivity index (χ1) is 10.5. The number of aromatic nitrogens is 2. The fourth-order valence-electron chi connectivity index (χ4n) is 2.07. The molecule has 1 N–H and O–H groups in total. The number of methoxy groups -OCH3 is 2. The Bertz CT molecular complexity index is 670. The average Bonchev–Trinajstić information content (AvgIpc) is 2.91. The molecular formula is C15H18ClN3O3. The van der Waals surface area contributed by atoms with Crippen molar-refractivity contribution in [3.63, 3.8) is 0 Å². The van der Waals surface area contributed by atoms with E-state index in [9.17, 15) is 4.79 Å². The standard InChI is InChI=1S/C15H18ClN3O3/c1-19-9-10(8-18-19)4-5-17-15(20)11-6-12(16)14(22-3)13(7-11)21-2/h6-9H,4-5H2,1-3H3,(H,17,20). The van der Waals surface area contributed by atoms with Gasteiger partial charge in [0.2, 0.25) is 0 Å². The van der Waals surface area contributed by atoms with E-state index in [1.807, 2.05) is 13.2 Å². The Morgan fingerprint density at radius 2 is 2.14 bits per heavy atom. The maximum atomic E-state index is 12.2. The van der Waals surface area contributed by atoms with E-state index in [1.165, 1.54) is 14.2 Å². The first kappa shape index (κ1) is 16.2. The van der Waals surface area contributed by atoms with Crippen LogP contribution in [-0.2, 0) is 13.5 Å². The van der Waals surface area contributed by atoms with E-state index in [0.29, 0.717) is 35.1 Å². The molecule has 0 radical (unpaired) electrons. The molecule has 0 aliphatic heterocycles. The molecule has 7 heteroatoms. The molecule has 0 saturated heterocycles. The van der Waals surface area contributed by atoms with Crippen molar-refractivity contribution in [2.75, 3.05) is 20.8 Å². The van der Waals surface area contributed by atoms with Gasteiger partial charge in [-0.1, -0.05) is 11.6 Å². The third-order valence-electron chi connectivity index (χ3n) is 3.15. The summed E-state index contributed by atoms with van der Waals surface area (Å²) in [6, 6.07) is 3.16. The normalized spacial score (nSPS) is 10.4. The summed E-state index contributed by atoms with van der Waals surface area (Å²) in [4.78, 5) is 12.2. The number of carbonyl (C=O) groups is 1. The van der Waals surface area contributed by atoms with Gasteiger partial charge < -0.3 is 14.8 Å². The molecule has 1 amide bonds. The molecule has 2 rings (SSSR count). The van der Waals surface area contributed by atoms with Crippen LogP contribution in [-0.4, -0.2) is 36.5 Å². The molecule has 0 bridgehead atoms. The monoisotopic (exact) mass is 323 g/mol. The third-order valence-corrected chi connectivity index (χ3v) is 3.43. The molecule has 0 unspecified atom stereocenters. The van der Waals surface area contributed by atoms with Crippen LogP contribution in [0.5, 0.6) is 11.5 Å². The van der Waals surface area contributed by atoms with E-state index in [0.717, 1.165) is 5.56 Å². The molecule has 118 valence electrons. The van der Waals surface area contributed by atoms with E-state index >= 15 is 0 Å². The van der Waals surface area contributed by atoms with Gasteiger partial charge in [-0.3, -0.25) is 9.48 Å². The zero-order chi connectivity index (χ0) is 16.1. The molecule has 0 spiro atoms. The Morgan fingerprint density at radius 3 is 2.73 bits per heavy atom. The van der Waals surface area contributed by atoms with E-state index in [2.05, 4.69) is 10.4 Å². The lowest BCUT2D eigenvalue weighted by Crippen LogP contribution is -2.25. The van der Waals surface area contributed by atoms with E-state index in [4.69, 9.17) is 21.1 Å². The lowest BCUT2D eigenvalue weighted by atomic mass is 10.1. The summed E-state index contributed by atoms with van der Waals surface area (Å²) in [7, 11) is 4.85. The summed E-state index contributed by atoms with van der Waals surface area (Å²) in [6.07, 6.45) is 4.40. The minimum absolute atomic E-state index is 0.216. The molecule has 22 heavy (non-hydrogen) atoms. The molecular weight excluding hydrogens is 306 g/mol. The number of hydrogen-bond donors (Lipinski definition) is 1. The second-order valence-corrected chi connectivity index (χ2v) is 5.13. The number of halogens is 1. The van der Waals surface area contributed by atoms with Crippen molar-refractivity contribution in [3.05, 3.63) is 40.7 Å². The van der Waals surface area contributed by atoms with Crippen LogP contribution in [0.2, 0.25) is 5.02 Å². The first-order valence-corrected chi connectivity index (χ1v) is 7.10. The Labute approximate surface area is 134 Å². The van der Waals surface area contributed by atoms with Gasteiger partial charge in [0.1, 0.15) is 0 Å². The highest BCUT2D eigenvalue weighted by Gasteiger charge is 2.15. The van der Waals surface area contributed by atoms with Crippen LogP contribution in [0.15, 0.2) is 24.5 Å². The van der Waals surface area contributed by atoms with Gasteiger partial charge in [0.15, 0.2) is 11.5 Å². The number of rotatable bonds is 6. The van der Waals surface area contributed by atoms with Crippen LogP contribution in [0.1, 0.15) is 15.9 Å². The Balaban J connectivity index is 2.01. The van der Waals surface area contributed by atoms with E-state index < -0.39 is 0 Å². The van der Waals surface area contributed by atoms with Gasteiger partial charge >= 0.3 is 0 Å². The highest BCUT2D eigenvalue weighted by Crippen LogP contribution is 2.35. The first-order valence-electron chi connectivity index (χ1n) is 6.72. The maximum Gasteiger partial charge on any atom is 0.251 e.